The first kappa shape index (κ1) is 19.2. The number of hydrogen-bond donors (Lipinski definition) is 1. The van der Waals surface area contributed by atoms with E-state index in [0.717, 1.165) is 11.8 Å². The van der Waals surface area contributed by atoms with Gasteiger partial charge < -0.3 is 9.73 Å². The second-order valence-corrected chi connectivity index (χ2v) is 6.58. The predicted octanol–water partition coefficient (Wildman–Crippen LogP) is 3.58. The first-order chi connectivity index (χ1) is 13.4. The summed E-state index contributed by atoms with van der Waals surface area (Å²) in [5.74, 6) is -0.170. The lowest BCUT2D eigenvalue weighted by molar-refractivity contribution is -0.384. The van der Waals surface area contributed by atoms with E-state index in [0.29, 0.717) is 16.8 Å². The molecule has 9 nitrogen and oxygen atoms in total. The Morgan fingerprint density at radius 1 is 1.18 bits per heavy atom. The maximum Gasteiger partial charge on any atom is 0.277 e. The van der Waals surface area contributed by atoms with Gasteiger partial charge in [-0.05, 0) is 37.3 Å². The standard InChI is InChI=1S/C18H14N4O5S/c1-11(23)12-5-7-14(8-6-12)19-16(24)10-28-18-21-20-17(27-18)13-3-2-4-15(9-13)22(25)26/h2-9H,10H2,1H3,(H,19,24). The summed E-state index contributed by atoms with van der Waals surface area (Å²) in [7, 11) is 0. The molecular weight excluding hydrogens is 384 g/mol. The van der Waals surface area contributed by atoms with Gasteiger partial charge in [-0.2, -0.15) is 0 Å². The molecule has 1 N–H and O–H groups in total. The maximum absolute atomic E-state index is 12.0. The van der Waals surface area contributed by atoms with Crippen molar-refractivity contribution in [1.29, 1.82) is 0 Å². The van der Waals surface area contributed by atoms with Crippen LogP contribution in [0.5, 0.6) is 0 Å². The van der Waals surface area contributed by atoms with Crippen LogP contribution in [0, 0.1) is 10.1 Å². The van der Waals surface area contributed by atoms with Gasteiger partial charge >= 0.3 is 0 Å². The topological polar surface area (TPSA) is 128 Å². The molecular formula is C18H14N4O5S. The first-order valence-electron chi connectivity index (χ1n) is 8.04. The van der Waals surface area contributed by atoms with Crippen molar-refractivity contribution >= 4 is 34.8 Å². The number of nitrogens with zero attached hydrogens (tertiary/aromatic N) is 3. The lowest BCUT2D eigenvalue weighted by atomic mass is 10.1. The summed E-state index contributed by atoms with van der Waals surface area (Å²) in [6.45, 7) is 1.47. The number of nitro groups is 1. The van der Waals surface area contributed by atoms with Crippen LogP contribution >= 0.6 is 11.8 Å². The largest absolute Gasteiger partial charge is 0.411 e. The summed E-state index contributed by atoms with van der Waals surface area (Å²) in [4.78, 5) is 33.6. The lowest BCUT2D eigenvalue weighted by Crippen LogP contribution is -2.14. The van der Waals surface area contributed by atoms with Gasteiger partial charge in [-0.3, -0.25) is 19.7 Å². The minimum atomic E-state index is -0.511. The van der Waals surface area contributed by atoms with Crippen molar-refractivity contribution in [2.75, 3.05) is 11.1 Å². The number of Topliss-reactive ketones (excluding diaryl/α,β-unsaturated/α-hetero) is 1. The number of benzene rings is 2. The van der Waals surface area contributed by atoms with E-state index < -0.39 is 4.92 Å². The number of hydrogen-bond acceptors (Lipinski definition) is 8. The number of carbonyl (C=O) groups is 2. The highest BCUT2D eigenvalue weighted by Crippen LogP contribution is 2.26. The van der Waals surface area contributed by atoms with Gasteiger partial charge in [-0.1, -0.05) is 17.8 Å². The lowest BCUT2D eigenvalue weighted by Gasteiger charge is -2.04. The van der Waals surface area contributed by atoms with Crippen LogP contribution in [0.4, 0.5) is 11.4 Å². The number of nitro benzene ring substituents is 1. The van der Waals surface area contributed by atoms with E-state index in [1.54, 1.807) is 30.3 Å². The highest BCUT2D eigenvalue weighted by atomic mass is 32.2. The average Bonchev–Trinajstić information content (AvgIpc) is 3.16. The third-order valence-corrected chi connectivity index (χ3v) is 4.43. The second-order valence-electron chi connectivity index (χ2n) is 5.65. The summed E-state index contributed by atoms with van der Waals surface area (Å²) in [6.07, 6.45) is 0. The molecule has 3 aromatic rings. The zero-order valence-electron chi connectivity index (χ0n) is 14.6. The summed E-state index contributed by atoms with van der Waals surface area (Å²) >= 11 is 1.04. The predicted molar refractivity (Wildman–Crippen MR) is 102 cm³/mol. The number of non-ortho nitro benzene ring substituents is 1. The van der Waals surface area contributed by atoms with E-state index in [2.05, 4.69) is 15.5 Å². The van der Waals surface area contributed by atoms with Crippen molar-refractivity contribution in [3.8, 4) is 11.5 Å². The van der Waals surface area contributed by atoms with Crippen LogP contribution in [0.15, 0.2) is 58.2 Å². The molecule has 0 aliphatic carbocycles. The molecule has 10 heteroatoms. The van der Waals surface area contributed by atoms with Gasteiger partial charge in [0.1, 0.15) is 0 Å². The minimum absolute atomic E-state index is 0.0328. The quantitative estimate of drug-likeness (QED) is 0.277. The van der Waals surface area contributed by atoms with Crippen molar-refractivity contribution in [2.24, 2.45) is 0 Å². The Balaban J connectivity index is 1.58. The number of aromatic nitrogens is 2. The molecule has 0 aliphatic rings. The Hall–Kier alpha value is -3.53. The number of carbonyl (C=O) groups excluding carboxylic acids is 2. The fourth-order valence-corrected chi connectivity index (χ4v) is 2.81. The van der Waals surface area contributed by atoms with Gasteiger partial charge in [0.05, 0.1) is 10.7 Å². The Labute approximate surface area is 163 Å². The molecule has 2 aromatic carbocycles. The van der Waals surface area contributed by atoms with Crippen molar-refractivity contribution in [3.05, 3.63) is 64.2 Å². The van der Waals surface area contributed by atoms with Crippen LogP contribution in [-0.4, -0.2) is 32.6 Å². The Morgan fingerprint density at radius 2 is 1.93 bits per heavy atom. The minimum Gasteiger partial charge on any atom is -0.411 e. The van der Waals surface area contributed by atoms with Crippen LogP contribution in [0.1, 0.15) is 17.3 Å². The summed E-state index contributed by atoms with van der Waals surface area (Å²) in [5, 5.41) is 21.4. The van der Waals surface area contributed by atoms with Gasteiger partial charge in [0.15, 0.2) is 5.78 Å². The van der Waals surface area contributed by atoms with Crippen LogP contribution in [0.3, 0.4) is 0 Å². The molecule has 142 valence electrons. The molecule has 0 saturated carbocycles. The van der Waals surface area contributed by atoms with Crippen molar-refractivity contribution in [3.63, 3.8) is 0 Å². The van der Waals surface area contributed by atoms with Crippen molar-refractivity contribution in [1.82, 2.24) is 10.2 Å². The van der Waals surface area contributed by atoms with E-state index in [1.165, 1.54) is 25.1 Å². The number of anilines is 1. The molecule has 1 heterocycles. The van der Waals surface area contributed by atoms with Crippen LogP contribution < -0.4 is 5.32 Å². The number of amides is 1. The smallest absolute Gasteiger partial charge is 0.277 e. The molecule has 0 spiro atoms. The molecule has 1 aromatic heterocycles. The van der Waals surface area contributed by atoms with Crippen LogP contribution in [-0.2, 0) is 4.79 Å². The third-order valence-electron chi connectivity index (χ3n) is 3.61. The van der Waals surface area contributed by atoms with Gasteiger partial charge in [0.25, 0.3) is 10.9 Å². The summed E-state index contributed by atoms with van der Waals surface area (Å²) < 4.78 is 5.45. The first-order valence-corrected chi connectivity index (χ1v) is 9.03. The molecule has 0 atom stereocenters. The molecule has 0 unspecified atom stereocenters. The molecule has 1 amide bonds. The number of nitrogens with one attached hydrogen (secondary N) is 1. The molecule has 0 fully saturated rings. The third kappa shape index (κ3) is 4.80. The average molecular weight is 398 g/mol. The Kier molecular flexibility index (Phi) is 5.80. The molecule has 28 heavy (non-hydrogen) atoms. The molecule has 0 saturated heterocycles. The van der Waals surface area contributed by atoms with Crippen molar-refractivity contribution < 1.29 is 18.9 Å². The highest BCUT2D eigenvalue weighted by molar-refractivity contribution is 7.99. The van der Waals surface area contributed by atoms with Gasteiger partial charge in [0, 0.05) is 28.9 Å². The van der Waals surface area contributed by atoms with Gasteiger partial charge in [-0.25, -0.2) is 0 Å². The molecule has 0 radical (unpaired) electrons. The normalized spacial score (nSPS) is 10.5. The number of ketones is 1. The summed E-state index contributed by atoms with van der Waals surface area (Å²) in [5.41, 5.74) is 1.47. The summed E-state index contributed by atoms with van der Waals surface area (Å²) in [6, 6.07) is 12.4. The van der Waals surface area contributed by atoms with E-state index in [-0.39, 0.29) is 34.2 Å². The monoisotopic (exact) mass is 398 g/mol. The van der Waals surface area contributed by atoms with Crippen molar-refractivity contribution in [2.45, 2.75) is 12.1 Å². The second kappa shape index (κ2) is 8.44. The zero-order valence-corrected chi connectivity index (χ0v) is 15.4. The van der Waals surface area contributed by atoms with E-state index in [9.17, 15) is 19.7 Å². The molecule has 0 aliphatic heterocycles. The highest BCUT2D eigenvalue weighted by Gasteiger charge is 2.14. The molecule has 3 rings (SSSR count). The van der Waals surface area contributed by atoms with Gasteiger partial charge in [-0.15, -0.1) is 10.2 Å². The fourth-order valence-electron chi connectivity index (χ4n) is 2.25. The van der Waals surface area contributed by atoms with Crippen LogP contribution in [0.2, 0.25) is 0 Å². The van der Waals surface area contributed by atoms with E-state index in [1.807, 2.05) is 0 Å². The SMILES string of the molecule is CC(=O)c1ccc(NC(=O)CSc2nnc(-c3cccc([N+](=O)[O-])c3)o2)cc1. The van der Waals surface area contributed by atoms with Gasteiger partial charge in [0.2, 0.25) is 11.8 Å². The van der Waals surface area contributed by atoms with Crippen LogP contribution in [0.25, 0.3) is 11.5 Å². The number of rotatable bonds is 7. The number of thioether (sulfide) groups is 1. The maximum atomic E-state index is 12.0. The zero-order chi connectivity index (χ0) is 20.1. The Morgan fingerprint density at radius 3 is 2.61 bits per heavy atom. The van der Waals surface area contributed by atoms with E-state index >= 15 is 0 Å². The van der Waals surface area contributed by atoms with E-state index in [4.69, 9.17) is 4.42 Å². The Bertz CT molecular complexity index is 1030. The molecule has 0 bridgehead atoms. The fraction of sp³-hybridized carbons (Fsp3) is 0.111.